The number of sulfonamides is 1. The zero-order valence-corrected chi connectivity index (χ0v) is 12.5. The van der Waals surface area contributed by atoms with Crippen LogP contribution in [0.5, 0.6) is 0 Å². The van der Waals surface area contributed by atoms with Gasteiger partial charge in [-0.15, -0.1) is 0 Å². The largest absolute Gasteiger partial charge is 0.395 e. The normalized spacial score (nSPS) is 12.9. The number of carbonyl (C=O) groups is 1. The van der Waals surface area contributed by atoms with Gasteiger partial charge in [0.15, 0.2) is 0 Å². The first kappa shape index (κ1) is 17.3. The van der Waals surface area contributed by atoms with Crippen molar-refractivity contribution in [2.45, 2.75) is 17.9 Å². The maximum atomic E-state index is 13.3. The zero-order chi connectivity index (χ0) is 16.0. The highest BCUT2D eigenvalue weighted by atomic mass is 32.2. The van der Waals surface area contributed by atoms with E-state index >= 15 is 0 Å². The van der Waals surface area contributed by atoms with Gasteiger partial charge in [-0.1, -0.05) is 6.07 Å². The van der Waals surface area contributed by atoms with Crippen LogP contribution in [0.15, 0.2) is 23.1 Å². The monoisotopic (exact) mass is 319 g/mol. The van der Waals surface area contributed by atoms with Crippen LogP contribution >= 0.6 is 0 Å². The maximum absolute atomic E-state index is 13.3. The second-order valence-electron chi connectivity index (χ2n) is 4.28. The Balaban J connectivity index is 2.80. The standard InChI is InChI=1S/C12H18FN3O4S/c1-8(12(17)15-6-7-20-2)16-21(18,19)10-5-3-4-9(13)11(10)14/h3-5,8,16H,6-7,14H2,1-2H3,(H,15,17). The first-order chi connectivity index (χ1) is 9.79. The zero-order valence-electron chi connectivity index (χ0n) is 11.7. The molecule has 118 valence electrons. The molecule has 1 unspecified atom stereocenters. The Morgan fingerprint density at radius 1 is 1.48 bits per heavy atom. The third-order valence-electron chi connectivity index (χ3n) is 2.63. The van der Waals surface area contributed by atoms with Crippen LogP contribution in [-0.2, 0) is 19.6 Å². The molecule has 1 aromatic carbocycles. The van der Waals surface area contributed by atoms with Crippen LogP contribution in [0.1, 0.15) is 6.92 Å². The molecular weight excluding hydrogens is 301 g/mol. The van der Waals surface area contributed by atoms with Crippen molar-refractivity contribution in [3.63, 3.8) is 0 Å². The average Bonchev–Trinajstić information content (AvgIpc) is 2.41. The summed E-state index contributed by atoms with van der Waals surface area (Å²) in [5.74, 6) is -1.36. The molecule has 0 radical (unpaired) electrons. The smallest absolute Gasteiger partial charge is 0.243 e. The number of halogens is 1. The number of carbonyl (C=O) groups excluding carboxylic acids is 1. The fourth-order valence-electron chi connectivity index (χ4n) is 1.53. The number of nitrogens with one attached hydrogen (secondary N) is 2. The first-order valence-corrected chi connectivity index (χ1v) is 7.61. The molecule has 7 nitrogen and oxygen atoms in total. The molecule has 21 heavy (non-hydrogen) atoms. The summed E-state index contributed by atoms with van der Waals surface area (Å²) < 4.78 is 44.4. The van der Waals surface area contributed by atoms with Crippen molar-refractivity contribution < 1.29 is 22.3 Å². The Morgan fingerprint density at radius 2 is 2.14 bits per heavy atom. The number of nitrogen functional groups attached to an aromatic ring is 1. The lowest BCUT2D eigenvalue weighted by atomic mass is 10.3. The van der Waals surface area contributed by atoms with Gasteiger partial charge in [-0.2, -0.15) is 4.72 Å². The van der Waals surface area contributed by atoms with Gasteiger partial charge in [0.25, 0.3) is 0 Å². The average molecular weight is 319 g/mol. The summed E-state index contributed by atoms with van der Waals surface area (Å²) in [5.41, 5.74) is 4.92. The number of hydrogen-bond donors (Lipinski definition) is 3. The van der Waals surface area contributed by atoms with Crippen LogP contribution in [0.25, 0.3) is 0 Å². The molecule has 9 heteroatoms. The van der Waals surface area contributed by atoms with Gasteiger partial charge < -0.3 is 15.8 Å². The second-order valence-corrected chi connectivity index (χ2v) is 5.96. The molecule has 0 saturated carbocycles. The maximum Gasteiger partial charge on any atom is 0.243 e. The summed E-state index contributed by atoms with van der Waals surface area (Å²) in [5, 5.41) is 2.49. The summed E-state index contributed by atoms with van der Waals surface area (Å²) >= 11 is 0. The van der Waals surface area contributed by atoms with Gasteiger partial charge in [-0.25, -0.2) is 12.8 Å². The van der Waals surface area contributed by atoms with E-state index in [2.05, 4.69) is 10.0 Å². The number of para-hydroxylation sites is 1. The SMILES string of the molecule is COCCNC(=O)C(C)NS(=O)(=O)c1cccc(F)c1N. The third-order valence-corrected chi connectivity index (χ3v) is 4.23. The lowest BCUT2D eigenvalue weighted by Gasteiger charge is -2.15. The predicted octanol–water partition coefficient (Wildman–Crippen LogP) is -0.163. The number of ether oxygens (including phenoxy) is 1. The number of anilines is 1. The number of methoxy groups -OCH3 is 1. The van der Waals surface area contributed by atoms with Crippen molar-refractivity contribution in [2.75, 3.05) is 26.0 Å². The predicted molar refractivity (Wildman–Crippen MR) is 75.5 cm³/mol. The third kappa shape index (κ3) is 4.66. The van der Waals surface area contributed by atoms with E-state index < -0.39 is 38.4 Å². The molecule has 0 saturated heterocycles. The summed E-state index contributed by atoms with van der Waals surface area (Å²) in [6.07, 6.45) is 0. The number of benzene rings is 1. The molecule has 1 aromatic rings. The highest BCUT2D eigenvalue weighted by Gasteiger charge is 2.24. The van der Waals surface area contributed by atoms with E-state index in [4.69, 9.17) is 10.5 Å². The fraction of sp³-hybridized carbons (Fsp3) is 0.417. The van der Waals surface area contributed by atoms with Gasteiger partial charge in [-0.05, 0) is 19.1 Å². The van der Waals surface area contributed by atoms with Crippen molar-refractivity contribution in [2.24, 2.45) is 0 Å². The molecule has 4 N–H and O–H groups in total. The van der Waals surface area contributed by atoms with Crippen LogP contribution in [0.4, 0.5) is 10.1 Å². The Kier molecular flexibility index (Phi) is 6.06. The highest BCUT2D eigenvalue weighted by molar-refractivity contribution is 7.89. The number of rotatable bonds is 7. The first-order valence-electron chi connectivity index (χ1n) is 6.12. The van der Waals surface area contributed by atoms with Gasteiger partial charge in [0.2, 0.25) is 15.9 Å². The lowest BCUT2D eigenvalue weighted by molar-refractivity contribution is -0.122. The Morgan fingerprint density at radius 3 is 2.76 bits per heavy atom. The number of amides is 1. The van der Waals surface area contributed by atoms with Crippen LogP contribution in [0.2, 0.25) is 0 Å². The molecule has 0 aliphatic rings. The number of hydrogen-bond acceptors (Lipinski definition) is 5. The van der Waals surface area contributed by atoms with E-state index in [0.717, 1.165) is 12.1 Å². The molecule has 0 aliphatic heterocycles. The summed E-state index contributed by atoms with van der Waals surface area (Å²) in [6, 6.07) is 2.41. The lowest BCUT2D eigenvalue weighted by Crippen LogP contribution is -2.45. The molecule has 0 heterocycles. The molecule has 1 rings (SSSR count). The minimum Gasteiger partial charge on any atom is -0.395 e. The summed E-state index contributed by atoms with van der Waals surface area (Å²) in [4.78, 5) is 11.3. The van der Waals surface area contributed by atoms with Gasteiger partial charge in [0, 0.05) is 13.7 Å². The molecule has 0 aliphatic carbocycles. The molecule has 0 fully saturated rings. The Labute approximate surface area is 122 Å². The van der Waals surface area contributed by atoms with Crippen LogP contribution in [0.3, 0.4) is 0 Å². The van der Waals surface area contributed by atoms with Crippen molar-refractivity contribution in [1.29, 1.82) is 0 Å². The topological polar surface area (TPSA) is 111 Å². The van der Waals surface area contributed by atoms with Gasteiger partial charge in [0.05, 0.1) is 18.3 Å². The van der Waals surface area contributed by atoms with Gasteiger partial charge in [-0.3, -0.25) is 4.79 Å². The fourth-order valence-corrected chi connectivity index (χ4v) is 2.87. The van der Waals surface area contributed by atoms with E-state index in [1.807, 2.05) is 0 Å². The second kappa shape index (κ2) is 7.34. The van der Waals surface area contributed by atoms with E-state index in [-0.39, 0.29) is 6.54 Å². The molecule has 1 amide bonds. The summed E-state index contributed by atoms with van der Waals surface area (Å²) in [6.45, 7) is 1.93. The number of nitrogens with two attached hydrogens (primary N) is 1. The van der Waals surface area contributed by atoms with E-state index in [1.54, 1.807) is 0 Å². The van der Waals surface area contributed by atoms with Crippen LogP contribution in [-0.4, -0.2) is 40.6 Å². The van der Waals surface area contributed by atoms with E-state index in [0.29, 0.717) is 6.61 Å². The highest BCUT2D eigenvalue weighted by Crippen LogP contribution is 2.20. The molecule has 0 aromatic heterocycles. The Hall–Kier alpha value is -1.71. The van der Waals surface area contributed by atoms with E-state index in [9.17, 15) is 17.6 Å². The van der Waals surface area contributed by atoms with Crippen molar-refractivity contribution in [3.05, 3.63) is 24.0 Å². The molecular formula is C12H18FN3O4S. The minimum absolute atomic E-state index is 0.253. The van der Waals surface area contributed by atoms with Crippen LogP contribution in [0, 0.1) is 5.82 Å². The minimum atomic E-state index is -4.10. The quantitative estimate of drug-likeness (QED) is 0.478. The summed E-state index contributed by atoms with van der Waals surface area (Å²) in [7, 11) is -2.62. The van der Waals surface area contributed by atoms with Crippen molar-refractivity contribution in [3.8, 4) is 0 Å². The van der Waals surface area contributed by atoms with Crippen molar-refractivity contribution in [1.82, 2.24) is 10.0 Å². The van der Waals surface area contributed by atoms with E-state index in [1.165, 1.54) is 20.1 Å². The molecule has 1 atom stereocenters. The molecule has 0 bridgehead atoms. The van der Waals surface area contributed by atoms with Gasteiger partial charge >= 0.3 is 0 Å². The van der Waals surface area contributed by atoms with Crippen molar-refractivity contribution >= 4 is 21.6 Å². The van der Waals surface area contributed by atoms with Gasteiger partial charge in [0.1, 0.15) is 10.7 Å². The Bertz CT molecular complexity index is 607. The van der Waals surface area contributed by atoms with Crippen LogP contribution < -0.4 is 15.8 Å². The molecule has 0 spiro atoms.